The Morgan fingerprint density at radius 3 is 2.57 bits per heavy atom. The van der Waals surface area contributed by atoms with Crippen LogP contribution >= 0.6 is 0 Å². The van der Waals surface area contributed by atoms with E-state index in [2.05, 4.69) is 0 Å². The first-order valence-electron chi connectivity index (χ1n) is 7.09. The molecule has 2 rings (SSSR count). The molecule has 0 saturated heterocycles. The summed E-state index contributed by atoms with van der Waals surface area (Å²) in [7, 11) is 0. The van der Waals surface area contributed by atoms with Gasteiger partial charge in [-0.25, -0.2) is 4.79 Å². The molecule has 1 unspecified atom stereocenters. The number of fused-ring (bicyclic) bond motifs is 1. The number of alkyl halides is 3. The minimum atomic E-state index is -4.69. The van der Waals surface area contributed by atoms with Crippen molar-refractivity contribution in [2.45, 2.75) is 38.9 Å². The van der Waals surface area contributed by atoms with Crippen molar-refractivity contribution >= 4 is 16.9 Å². The highest BCUT2D eigenvalue weighted by atomic mass is 19.4. The second-order valence-corrected chi connectivity index (χ2v) is 5.30. The van der Waals surface area contributed by atoms with Gasteiger partial charge in [0.2, 0.25) is 0 Å². The zero-order valence-electron chi connectivity index (χ0n) is 12.6. The zero-order chi connectivity index (χ0) is 17.4. The van der Waals surface area contributed by atoms with Gasteiger partial charge in [0.1, 0.15) is 6.04 Å². The molecule has 122 valence electrons. The molecule has 2 aromatic rings. The molecule has 1 aromatic carbocycles. The standard InChI is InChI=1S/C16H15F3N2O2/c1-3-4-11-7-12-13(21(11)9(2)15(22)23)6-5-10(8-20)14(12)16(17,18)19/h5-7,9H,3-4H2,1-2H3,(H,22,23). The van der Waals surface area contributed by atoms with E-state index < -0.39 is 29.3 Å². The fourth-order valence-electron chi connectivity index (χ4n) is 2.77. The van der Waals surface area contributed by atoms with Crippen molar-refractivity contribution in [2.24, 2.45) is 0 Å². The van der Waals surface area contributed by atoms with Crippen LogP contribution in [0.5, 0.6) is 0 Å². The quantitative estimate of drug-likeness (QED) is 0.919. The minimum Gasteiger partial charge on any atom is -0.480 e. The number of carboxylic acid groups (broad SMARTS) is 1. The fourth-order valence-corrected chi connectivity index (χ4v) is 2.77. The predicted molar refractivity (Wildman–Crippen MR) is 78.0 cm³/mol. The van der Waals surface area contributed by atoms with E-state index in [4.69, 9.17) is 5.26 Å². The second-order valence-electron chi connectivity index (χ2n) is 5.30. The van der Waals surface area contributed by atoms with Crippen molar-refractivity contribution < 1.29 is 23.1 Å². The molecule has 1 heterocycles. The molecule has 0 spiro atoms. The summed E-state index contributed by atoms with van der Waals surface area (Å²) in [4.78, 5) is 11.3. The van der Waals surface area contributed by atoms with Crippen LogP contribution in [-0.2, 0) is 17.4 Å². The SMILES string of the molecule is CCCc1cc2c(C(F)(F)F)c(C#N)ccc2n1C(C)C(=O)O. The van der Waals surface area contributed by atoms with E-state index in [-0.39, 0.29) is 10.9 Å². The molecule has 23 heavy (non-hydrogen) atoms. The second kappa shape index (κ2) is 5.95. The number of halogens is 3. The van der Waals surface area contributed by atoms with Crippen LogP contribution in [0.2, 0.25) is 0 Å². The molecule has 0 amide bonds. The van der Waals surface area contributed by atoms with E-state index in [0.717, 1.165) is 6.07 Å². The molecular formula is C16H15F3N2O2. The van der Waals surface area contributed by atoms with Gasteiger partial charge < -0.3 is 9.67 Å². The van der Waals surface area contributed by atoms with Crippen LogP contribution in [-0.4, -0.2) is 15.6 Å². The van der Waals surface area contributed by atoms with E-state index in [1.165, 1.54) is 23.6 Å². The molecule has 0 aliphatic rings. The number of aliphatic carboxylic acids is 1. The van der Waals surface area contributed by atoms with Gasteiger partial charge in [0.15, 0.2) is 0 Å². The van der Waals surface area contributed by atoms with Gasteiger partial charge in [0.25, 0.3) is 0 Å². The Hall–Kier alpha value is -2.49. The van der Waals surface area contributed by atoms with Gasteiger partial charge in [-0.2, -0.15) is 18.4 Å². The average Bonchev–Trinajstić information content (AvgIpc) is 2.82. The molecule has 0 aliphatic carbocycles. The normalized spacial score (nSPS) is 13.0. The Morgan fingerprint density at radius 2 is 2.09 bits per heavy atom. The summed E-state index contributed by atoms with van der Waals surface area (Å²) in [6, 6.07) is 4.38. The van der Waals surface area contributed by atoms with Gasteiger partial charge >= 0.3 is 12.1 Å². The number of rotatable bonds is 4. The first-order chi connectivity index (χ1) is 10.7. The van der Waals surface area contributed by atoms with Crippen molar-refractivity contribution in [3.63, 3.8) is 0 Å². The van der Waals surface area contributed by atoms with E-state index in [1.807, 2.05) is 6.92 Å². The topological polar surface area (TPSA) is 66.0 Å². The average molecular weight is 324 g/mol. The Morgan fingerprint density at radius 1 is 1.43 bits per heavy atom. The molecular weight excluding hydrogens is 309 g/mol. The first kappa shape index (κ1) is 16.9. The van der Waals surface area contributed by atoms with Crippen molar-refractivity contribution in [2.75, 3.05) is 0 Å². The molecule has 0 fully saturated rings. The van der Waals surface area contributed by atoms with Crippen LogP contribution in [0.3, 0.4) is 0 Å². The Balaban J connectivity index is 2.90. The van der Waals surface area contributed by atoms with Gasteiger partial charge in [-0.3, -0.25) is 0 Å². The van der Waals surface area contributed by atoms with Crippen molar-refractivity contribution in [1.82, 2.24) is 4.57 Å². The van der Waals surface area contributed by atoms with E-state index in [1.54, 1.807) is 6.07 Å². The maximum atomic E-state index is 13.4. The summed E-state index contributed by atoms with van der Waals surface area (Å²) < 4.78 is 41.5. The maximum Gasteiger partial charge on any atom is 0.418 e. The summed E-state index contributed by atoms with van der Waals surface area (Å²) in [5.74, 6) is -1.13. The molecule has 1 aromatic heterocycles. The lowest BCUT2D eigenvalue weighted by atomic mass is 10.0. The molecule has 7 heteroatoms. The van der Waals surface area contributed by atoms with Gasteiger partial charge in [0.05, 0.1) is 17.2 Å². The fraction of sp³-hybridized carbons (Fsp3) is 0.375. The monoisotopic (exact) mass is 324 g/mol. The Labute approximate surface area is 130 Å². The number of aryl methyl sites for hydroxylation is 1. The zero-order valence-corrected chi connectivity index (χ0v) is 12.6. The highest BCUT2D eigenvalue weighted by molar-refractivity contribution is 5.89. The third kappa shape index (κ3) is 2.89. The molecule has 0 radical (unpaired) electrons. The molecule has 1 N–H and O–H groups in total. The highest BCUT2D eigenvalue weighted by Crippen LogP contribution is 2.39. The molecule has 1 atom stereocenters. The van der Waals surface area contributed by atoms with Gasteiger partial charge in [0, 0.05) is 16.6 Å². The number of hydrogen-bond acceptors (Lipinski definition) is 2. The number of nitriles is 1. The number of aromatic nitrogens is 1. The number of carbonyl (C=O) groups is 1. The first-order valence-corrected chi connectivity index (χ1v) is 7.09. The van der Waals surface area contributed by atoms with Crippen LogP contribution < -0.4 is 0 Å². The molecule has 0 bridgehead atoms. The number of benzene rings is 1. The lowest BCUT2D eigenvalue weighted by molar-refractivity contribution is -0.140. The van der Waals surface area contributed by atoms with Crippen LogP contribution in [0.25, 0.3) is 10.9 Å². The minimum absolute atomic E-state index is 0.131. The highest BCUT2D eigenvalue weighted by Gasteiger charge is 2.37. The third-order valence-corrected chi connectivity index (χ3v) is 3.76. The maximum absolute atomic E-state index is 13.4. The molecule has 4 nitrogen and oxygen atoms in total. The lowest BCUT2D eigenvalue weighted by Gasteiger charge is -2.16. The Kier molecular flexibility index (Phi) is 4.37. The van der Waals surface area contributed by atoms with Crippen LogP contribution in [0.4, 0.5) is 13.2 Å². The van der Waals surface area contributed by atoms with Crippen molar-refractivity contribution in [3.05, 3.63) is 35.0 Å². The smallest absolute Gasteiger partial charge is 0.418 e. The number of hydrogen-bond donors (Lipinski definition) is 1. The van der Waals surface area contributed by atoms with Gasteiger partial charge in [-0.15, -0.1) is 0 Å². The van der Waals surface area contributed by atoms with Crippen molar-refractivity contribution in [1.29, 1.82) is 5.26 Å². The van der Waals surface area contributed by atoms with Crippen LogP contribution in [0, 0.1) is 11.3 Å². The van der Waals surface area contributed by atoms with E-state index >= 15 is 0 Å². The number of carboxylic acids is 1. The summed E-state index contributed by atoms with van der Waals surface area (Å²) in [5.41, 5.74) is -0.785. The summed E-state index contributed by atoms with van der Waals surface area (Å²) in [6.07, 6.45) is -3.58. The van der Waals surface area contributed by atoms with Gasteiger partial charge in [-0.05, 0) is 31.5 Å². The summed E-state index contributed by atoms with van der Waals surface area (Å²) in [5, 5.41) is 18.1. The summed E-state index contributed by atoms with van der Waals surface area (Å²) in [6.45, 7) is 3.28. The Bertz CT molecular complexity index is 800. The molecule has 0 aliphatic heterocycles. The van der Waals surface area contributed by atoms with Crippen LogP contribution in [0.15, 0.2) is 18.2 Å². The predicted octanol–water partition coefficient (Wildman–Crippen LogP) is 4.13. The van der Waals surface area contributed by atoms with E-state index in [0.29, 0.717) is 18.5 Å². The van der Waals surface area contributed by atoms with Crippen molar-refractivity contribution in [3.8, 4) is 6.07 Å². The largest absolute Gasteiger partial charge is 0.480 e. The molecule has 0 saturated carbocycles. The number of nitrogens with zero attached hydrogens (tertiary/aromatic N) is 2. The third-order valence-electron chi connectivity index (χ3n) is 3.76. The lowest BCUT2D eigenvalue weighted by Crippen LogP contribution is -2.17. The van der Waals surface area contributed by atoms with Gasteiger partial charge in [-0.1, -0.05) is 13.3 Å². The summed E-state index contributed by atoms with van der Waals surface area (Å²) >= 11 is 0. The van der Waals surface area contributed by atoms with Crippen LogP contribution in [0.1, 0.15) is 43.1 Å². The van der Waals surface area contributed by atoms with E-state index in [9.17, 15) is 23.1 Å².